The molecule has 3 N–H and O–H groups in total. The molecule has 4 rings (SSSR count). The molecule has 3 aromatic rings. The summed E-state index contributed by atoms with van der Waals surface area (Å²) in [6, 6.07) is 9.08. The molecule has 1 aliphatic carbocycles. The molecule has 160 valence electrons. The van der Waals surface area contributed by atoms with Gasteiger partial charge in [-0.15, -0.1) is 0 Å². The number of pyridine rings is 1. The molecule has 1 fully saturated rings. The summed E-state index contributed by atoms with van der Waals surface area (Å²) in [4.78, 5) is 29.3. The third kappa shape index (κ3) is 4.11. The van der Waals surface area contributed by atoms with E-state index in [0.717, 1.165) is 24.1 Å². The summed E-state index contributed by atoms with van der Waals surface area (Å²) in [5, 5.41) is 12.4. The first-order valence-electron chi connectivity index (χ1n) is 9.97. The van der Waals surface area contributed by atoms with Crippen molar-refractivity contribution in [2.75, 3.05) is 17.7 Å². The lowest BCUT2D eigenvalue weighted by Gasteiger charge is -2.14. The molecule has 0 unspecified atom stereocenters. The molecule has 0 radical (unpaired) electrons. The standard InChI is InChI=1S/C22H23FN6O2/c1-12-6-4-5-7-15(12)26-20-16(10-14(11-25-20)21(30)24-2)27-22(31)18-17(23)19(13-8-9-13)29(3)28-18/h4-7,10-11,13H,8-9H2,1-3H3,(H,24,30)(H,25,26)(H,27,31). The second kappa shape index (κ2) is 8.17. The Balaban J connectivity index is 1.68. The maximum absolute atomic E-state index is 14.9. The fourth-order valence-electron chi connectivity index (χ4n) is 3.41. The van der Waals surface area contributed by atoms with Crippen molar-refractivity contribution in [2.24, 2.45) is 7.05 Å². The number of hydrogen-bond donors (Lipinski definition) is 3. The van der Waals surface area contributed by atoms with E-state index in [2.05, 4.69) is 26.0 Å². The van der Waals surface area contributed by atoms with Gasteiger partial charge in [0.05, 0.1) is 16.9 Å². The lowest BCUT2D eigenvalue weighted by molar-refractivity contribution is 0.0960. The maximum Gasteiger partial charge on any atom is 0.279 e. The number of nitrogens with one attached hydrogen (secondary N) is 3. The summed E-state index contributed by atoms with van der Waals surface area (Å²) < 4.78 is 16.3. The van der Waals surface area contributed by atoms with Crippen LogP contribution in [0.4, 0.5) is 21.6 Å². The zero-order valence-electron chi connectivity index (χ0n) is 17.5. The zero-order chi connectivity index (χ0) is 22.1. The number of nitrogens with zero attached hydrogens (tertiary/aromatic N) is 3. The highest BCUT2D eigenvalue weighted by atomic mass is 19.1. The smallest absolute Gasteiger partial charge is 0.279 e. The van der Waals surface area contributed by atoms with E-state index in [4.69, 9.17) is 0 Å². The van der Waals surface area contributed by atoms with Crippen LogP contribution in [0, 0.1) is 12.7 Å². The number of amides is 2. The van der Waals surface area contributed by atoms with Crippen molar-refractivity contribution in [1.82, 2.24) is 20.1 Å². The first-order chi connectivity index (χ1) is 14.9. The fourth-order valence-corrected chi connectivity index (χ4v) is 3.41. The Morgan fingerprint density at radius 2 is 1.90 bits per heavy atom. The molecular weight excluding hydrogens is 399 g/mol. The number of hydrogen-bond acceptors (Lipinski definition) is 5. The number of halogens is 1. The third-order valence-corrected chi connectivity index (χ3v) is 5.23. The van der Waals surface area contributed by atoms with E-state index in [9.17, 15) is 14.0 Å². The SMILES string of the molecule is CNC(=O)c1cnc(Nc2ccccc2C)c(NC(=O)c2nn(C)c(C3CC3)c2F)c1. The van der Waals surface area contributed by atoms with E-state index in [-0.39, 0.29) is 28.8 Å². The molecule has 0 atom stereocenters. The van der Waals surface area contributed by atoms with Crippen LogP contribution in [0.5, 0.6) is 0 Å². The highest BCUT2D eigenvalue weighted by Gasteiger charge is 2.34. The minimum atomic E-state index is -0.705. The minimum absolute atomic E-state index is 0.107. The Morgan fingerprint density at radius 1 is 1.16 bits per heavy atom. The molecule has 2 heterocycles. The molecule has 0 aliphatic heterocycles. The van der Waals surface area contributed by atoms with Crippen molar-refractivity contribution in [1.29, 1.82) is 0 Å². The Hall–Kier alpha value is -3.75. The van der Waals surface area contributed by atoms with Gasteiger partial charge in [-0.1, -0.05) is 18.2 Å². The van der Waals surface area contributed by atoms with E-state index in [1.165, 1.54) is 24.0 Å². The average molecular weight is 422 g/mol. The molecule has 1 saturated carbocycles. The predicted molar refractivity (Wildman–Crippen MR) is 115 cm³/mol. The van der Waals surface area contributed by atoms with Crippen molar-refractivity contribution >= 4 is 29.0 Å². The number of carbonyl (C=O) groups is 2. The average Bonchev–Trinajstić information content (AvgIpc) is 3.54. The van der Waals surface area contributed by atoms with Gasteiger partial charge in [0.2, 0.25) is 0 Å². The van der Waals surface area contributed by atoms with Gasteiger partial charge in [-0.2, -0.15) is 5.10 Å². The van der Waals surface area contributed by atoms with Gasteiger partial charge in [-0.25, -0.2) is 9.37 Å². The van der Waals surface area contributed by atoms with Gasteiger partial charge < -0.3 is 16.0 Å². The molecule has 2 aromatic heterocycles. The van der Waals surface area contributed by atoms with Crippen LogP contribution < -0.4 is 16.0 Å². The van der Waals surface area contributed by atoms with E-state index in [1.54, 1.807) is 7.05 Å². The summed E-state index contributed by atoms with van der Waals surface area (Å²) in [6.45, 7) is 1.93. The lowest BCUT2D eigenvalue weighted by atomic mass is 10.2. The van der Waals surface area contributed by atoms with Crippen LogP contribution in [0.15, 0.2) is 36.5 Å². The number of benzene rings is 1. The van der Waals surface area contributed by atoms with E-state index < -0.39 is 11.7 Å². The summed E-state index contributed by atoms with van der Waals surface area (Å²) in [6.07, 6.45) is 3.18. The van der Waals surface area contributed by atoms with Crippen LogP contribution in [-0.2, 0) is 7.05 Å². The maximum atomic E-state index is 14.9. The number of anilines is 3. The van der Waals surface area contributed by atoms with Gasteiger partial charge in [0.1, 0.15) is 0 Å². The van der Waals surface area contributed by atoms with Crippen LogP contribution in [-0.4, -0.2) is 33.6 Å². The van der Waals surface area contributed by atoms with Gasteiger partial charge in [-0.3, -0.25) is 14.3 Å². The van der Waals surface area contributed by atoms with Gasteiger partial charge in [0.25, 0.3) is 11.8 Å². The minimum Gasteiger partial charge on any atom is -0.355 e. The van der Waals surface area contributed by atoms with Crippen LogP contribution in [0.1, 0.15) is 50.9 Å². The molecule has 31 heavy (non-hydrogen) atoms. The molecule has 9 heteroatoms. The van der Waals surface area contributed by atoms with Crippen molar-refractivity contribution in [3.63, 3.8) is 0 Å². The van der Waals surface area contributed by atoms with Crippen LogP contribution >= 0.6 is 0 Å². The van der Waals surface area contributed by atoms with Gasteiger partial charge in [-0.05, 0) is 37.5 Å². The topological polar surface area (TPSA) is 101 Å². The second-order valence-electron chi connectivity index (χ2n) is 7.54. The van der Waals surface area contributed by atoms with E-state index in [0.29, 0.717) is 11.5 Å². The lowest BCUT2D eigenvalue weighted by Crippen LogP contribution is -2.20. The third-order valence-electron chi connectivity index (χ3n) is 5.23. The second-order valence-corrected chi connectivity index (χ2v) is 7.54. The molecule has 8 nitrogen and oxygen atoms in total. The summed E-state index contributed by atoms with van der Waals surface area (Å²) >= 11 is 0. The normalized spacial score (nSPS) is 13.0. The summed E-state index contributed by atoms with van der Waals surface area (Å²) in [7, 11) is 3.13. The van der Waals surface area contributed by atoms with E-state index >= 15 is 0 Å². The Labute approximate surface area is 178 Å². The van der Waals surface area contributed by atoms with Crippen LogP contribution in [0.3, 0.4) is 0 Å². The van der Waals surface area contributed by atoms with Crippen molar-refractivity contribution < 1.29 is 14.0 Å². The molecule has 0 saturated heterocycles. The first-order valence-corrected chi connectivity index (χ1v) is 9.97. The molecule has 1 aliphatic rings. The number of aromatic nitrogens is 3. The molecule has 0 bridgehead atoms. The van der Waals surface area contributed by atoms with Gasteiger partial charge >= 0.3 is 0 Å². The van der Waals surface area contributed by atoms with Gasteiger partial charge in [0, 0.05) is 31.9 Å². The number of rotatable bonds is 6. The molecule has 2 amide bonds. The van der Waals surface area contributed by atoms with Crippen molar-refractivity contribution in [3.8, 4) is 0 Å². The number of para-hydroxylation sites is 1. The summed E-state index contributed by atoms with van der Waals surface area (Å²) in [5.41, 5.74) is 2.43. The fraction of sp³-hybridized carbons (Fsp3) is 0.273. The van der Waals surface area contributed by atoms with Crippen molar-refractivity contribution in [2.45, 2.75) is 25.7 Å². The molecule has 0 spiro atoms. The molecule has 1 aromatic carbocycles. The van der Waals surface area contributed by atoms with Crippen LogP contribution in [0.25, 0.3) is 0 Å². The molecular formula is C22H23FN6O2. The van der Waals surface area contributed by atoms with Gasteiger partial charge in [0.15, 0.2) is 17.3 Å². The quantitative estimate of drug-likeness (QED) is 0.565. The van der Waals surface area contributed by atoms with Crippen molar-refractivity contribution in [3.05, 3.63) is 64.9 Å². The Morgan fingerprint density at radius 3 is 2.58 bits per heavy atom. The highest BCUT2D eigenvalue weighted by Crippen LogP contribution is 2.41. The highest BCUT2D eigenvalue weighted by molar-refractivity contribution is 6.06. The monoisotopic (exact) mass is 422 g/mol. The largest absolute Gasteiger partial charge is 0.355 e. The van der Waals surface area contributed by atoms with E-state index in [1.807, 2.05) is 31.2 Å². The van der Waals surface area contributed by atoms with Crippen LogP contribution in [0.2, 0.25) is 0 Å². The number of carbonyl (C=O) groups excluding carboxylic acids is 2. The zero-order valence-corrected chi connectivity index (χ0v) is 17.5. The Kier molecular flexibility index (Phi) is 5.41. The summed E-state index contributed by atoms with van der Waals surface area (Å²) in [5.74, 6) is -1.23. The first kappa shape index (κ1) is 20.5. The Bertz CT molecular complexity index is 1170. The predicted octanol–water partition coefficient (Wildman–Crippen LogP) is 3.50. The number of aryl methyl sites for hydroxylation is 2.